The van der Waals surface area contributed by atoms with Crippen molar-refractivity contribution in [2.75, 3.05) is 13.1 Å². The summed E-state index contributed by atoms with van der Waals surface area (Å²) in [5, 5.41) is 8.44. The van der Waals surface area contributed by atoms with Crippen LogP contribution in [0.5, 0.6) is 0 Å². The second kappa shape index (κ2) is 7.17. The lowest BCUT2D eigenvalue weighted by atomic mass is 9.97. The highest BCUT2D eigenvalue weighted by Crippen LogP contribution is 2.25. The molecule has 0 aromatic carbocycles. The van der Waals surface area contributed by atoms with E-state index in [0.29, 0.717) is 12.3 Å². The molecule has 1 fully saturated rings. The van der Waals surface area contributed by atoms with Crippen molar-refractivity contribution in [1.82, 2.24) is 19.8 Å². The van der Waals surface area contributed by atoms with Crippen LogP contribution < -0.4 is 5.73 Å². The molecule has 7 nitrogen and oxygen atoms in total. The molecule has 0 bridgehead atoms. The zero-order valence-electron chi connectivity index (χ0n) is 14.4. The fourth-order valence-electron chi connectivity index (χ4n) is 3.36. The predicted octanol–water partition coefficient (Wildman–Crippen LogP) is 1.86. The van der Waals surface area contributed by atoms with Crippen LogP contribution in [0.25, 0.3) is 11.3 Å². The van der Waals surface area contributed by atoms with Crippen molar-refractivity contribution in [3.63, 3.8) is 0 Å². The molecule has 0 aliphatic carbocycles. The Bertz CT molecular complexity index is 706. The fraction of sp³-hybridized carbons (Fsp3) is 0.588. The van der Waals surface area contributed by atoms with Gasteiger partial charge < -0.3 is 10.3 Å². The second-order valence-corrected chi connectivity index (χ2v) is 6.69. The zero-order chi connectivity index (χ0) is 17.1. The van der Waals surface area contributed by atoms with E-state index in [1.165, 1.54) is 0 Å². The SMILES string of the molecule is Cc1c(-c2cc(CN3CCCC(CC(N)=O)CC3)on2)cnn1C. The molecule has 1 saturated heterocycles. The predicted molar refractivity (Wildman–Crippen MR) is 89.9 cm³/mol. The number of carbonyl (C=O) groups excluding carboxylic acids is 1. The van der Waals surface area contributed by atoms with Crippen molar-refractivity contribution in [3.8, 4) is 11.3 Å². The third-order valence-corrected chi connectivity index (χ3v) is 4.88. The Morgan fingerprint density at radius 2 is 2.25 bits per heavy atom. The van der Waals surface area contributed by atoms with E-state index in [4.69, 9.17) is 10.3 Å². The van der Waals surface area contributed by atoms with Gasteiger partial charge in [-0.1, -0.05) is 5.16 Å². The van der Waals surface area contributed by atoms with Gasteiger partial charge in [0, 0.05) is 30.8 Å². The number of hydrogen-bond donors (Lipinski definition) is 1. The molecule has 1 atom stereocenters. The minimum Gasteiger partial charge on any atom is -0.370 e. The third-order valence-electron chi connectivity index (χ3n) is 4.88. The average molecular weight is 331 g/mol. The molecule has 0 spiro atoms. The number of nitrogens with two attached hydrogens (primary N) is 1. The van der Waals surface area contributed by atoms with Crippen molar-refractivity contribution in [2.45, 2.75) is 39.2 Å². The van der Waals surface area contributed by atoms with Gasteiger partial charge in [-0.15, -0.1) is 0 Å². The second-order valence-electron chi connectivity index (χ2n) is 6.69. The van der Waals surface area contributed by atoms with E-state index in [9.17, 15) is 4.79 Å². The summed E-state index contributed by atoms with van der Waals surface area (Å²) in [5.41, 5.74) is 8.23. The summed E-state index contributed by atoms with van der Waals surface area (Å²) in [6.07, 6.45) is 5.47. The first-order valence-electron chi connectivity index (χ1n) is 8.48. The van der Waals surface area contributed by atoms with E-state index >= 15 is 0 Å². The van der Waals surface area contributed by atoms with Gasteiger partial charge in [-0.05, 0) is 45.2 Å². The molecule has 1 unspecified atom stereocenters. The molecule has 3 heterocycles. The molecule has 1 aliphatic heterocycles. The molecule has 2 N–H and O–H groups in total. The monoisotopic (exact) mass is 331 g/mol. The summed E-state index contributed by atoms with van der Waals surface area (Å²) in [7, 11) is 1.92. The number of rotatable bonds is 5. The Labute approximate surface area is 141 Å². The largest absolute Gasteiger partial charge is 0.370 e. The topological polar surface area (TPSA) is 90.2 Å². The molecule has 0 saturated carbocycles. The van der Waals surface area contributed by atoms with Gasteiger partial charge in [0.25, 0.3) is 0 Å². The van der Waals surface area contributed by atoms with E-state index < -0.39 is 0 Å². The van der Waals surface area contributed by atoms with E-state index in [0.717, 1.165) is 61.6 Å². The lowest BCUT2D eigenvalue weighted by molar-refractivity contribution is -0.119. The van der Waals surface area contributed by atoms with Gasteiger partial charge in [-0.3, -0.25) is 14.4 Å². The van der Waals surface area contributed by atoms with Gasteiger partial charge >= 0.3 is 0 Å². The van der Waals surface area contributed by atoms with Crippen molar-refractivity contribution in [1.29, 1.82) is 0 Å². The van der Waals surface area contributed by atoms with Crippen LogP contribution in [0.1, 0.15) is 37.1 Å². The van der Waals surface area contributed by atoms with E-state index in [-0.39, 0.29) is 5.91 Å². The quantitative estimate of drug-likeness (QED) is 0.903. The number of likely N-dealkylation sites (tertiary alicyclic amines) is 1. The maximum absolute atomic E-state index is 11.1. The number of carbonyl (C=O) groups is 1. The van der Waals surface area contributed by atoms with E-state index in [1.807, 2.05) is 30.9 Å². The first kappa shape index (κ1) is 16.7. The molecule has 1 amide bonds. The highest BCUT2D eigenvalue weighted by atomic mass is 16.5. The number of primary amides is 1. The van der Waals surface area contributed by atoms with Gasteiger partial charge in [0.15, 0.2) is 5.76 Å². The molecule has 24 heavy (non-hydrogen) atoms. The highest BCUT2D eigenvalue weighted by molar-refractivity contribution is 5.73. The maximum atomic E-state index is 11.1. The number of amides is 1. The summed E-state index contributed by atoms with van der Waals surface area (Å²) in [4.78, 5) is 13.5. The Kier molecular flexibility index (Phi) is 4.99. The van der Waals surface area contributed by atoms with Crippen LogP contribution in [0, 0.1) is 12.8 Å². The fourth-order valence-corrected chi connectivity index (χ4v) is 3.36. The Morgan fingerprint density at radius 3 is 2.96 bits per heavy atom. The lowest BCUT2D eigenvalue weighted by Gasteiger charge is -2.18. The standard InChI is InChI=1S/C17H25N5O2/c1-12-15(10-19-21(12)2)16-9-14(24-20-16)11-22-6-3-4-13(5-7-22)8-17(18)23/h9-10,13H,3-8,11H2,1-2H3,(H2,18,23). The molecular weight excluding hydrogens is 306 g/mol. The normalized spacial score (nSPS) is 19.3. The number of hydrogen-bond acceptors (Lipinski definition) is 5. The number of aromatic nitrogens is 3. The van der Waals surface area contributed by atoms with Gasteiger partial charge in [0.1, 0.15) is 5.69 Å². The molecule has 0 radical (unpaired) electrons. The van der Waals surface area contributed by atoms with Gasteiger partial charge in [0.2, 0.25) is 5.91 Å². The van der Waals surface area contributed by atoms with Crippen LogP contribution in [0.15, 0.2) is 16.8 Å². The summed E-state index contributed by atoms with van der Waals surface area (Å²) in [5.74, 6) is 1.08. The minimum atomic E-state index is -0.194. The van der Waals surface area contributed by atoms with Crippen LogP contribution in [0.2, 0.25) is 0 Å². The highest BCUT2D eigenvalue weighted by Gasteiger charge is 2.20. The van der Waals surface area contributed by atoms with E-state index in [1.54, 1.807) is 0 Å². The van der Waals surface area contributed by atoms with Gasteiger partial charge in [-0.2, -0.15) is 5.10 Å². The van der Waals surface area contributed by atoms with Crippen LogP contribution in [-0.2, 0) is 18.4 Å². The number of aryl methyl sites for hydroxylation is 1. The first-order chi connectivity index (χ1) is 11.5. The number of nitrogens with zero attached hydrogens (tertiary/aromatic N) is 4. The van der Waals surface area contributed by atoms with Crippen molar-refractivity contribution in [3.05, 3.63) is 23.7 Å². The van der Waals surface area contributed by atoms with E-state index in [2.05, 4.69) is 15.2 Å². The summed E-state index contributed by atoms with van der Waals surface area (Å²) >= 11 is 0. The zero-order valence-corrected chi connectivity index (χ0v) is 14.4. The van der Waals surface area contributed by atoms with Crippen molar-refractivity contribution >= 4 is 5.91 Å². The van der Waals surface area contributed by atoms with Crippen LogP contribution in [0.4, 0.5) is 0 Å². The molecule has 7 heteroatoms. The molecule has 1 aliphatic rings. The van der Waals surface area contributed by atoms with Crippen LogP contribution in [0.3, 0.4) is 0 Å². The van der Waals surface area contributed by atoms with Gasteiger partial charge in [0.05, 0.1) is 12.7 Å². The molecule has 2 aromatic rings. The minimum absolute atomic E-state index is 0.194. The Morgan fingerprint density at radius 1 is 1.42 bits per heavy atom. The average Bonchev–Trinajstić information content (AvgIpc) is 3.04. The molecule has 130 valence electrons. The molecular formula is C17H25N5O2. The van der Waals surface area contributed by atoms with Gasteiger partial charge in [-0.25, -0.2) is 0 Å². The van der Waals surface area contributed by atoms with Crippen molar-refractivity contribution in [2.24, 2.45) is 18.7 Å². The third kappa shape index (κ3) is 3.84. The molecule has 2 aromatic heterocycles. The summed E-state index contributed by atoms with van der Waals surface area (Å²) < 4.78 is 7.35. The smallest absolute Gasteiger partial charge is 0.217 e. The first-order valence-corrected chi connectivity index (χ1v) is 8.48. The summed E-state index contributed by atoms with van der Waals surface area (Å²) in [6.45, 7) is 4.73. The Hall–Kier alpha value is -2.15. The summed E-state index contributed by atoms with van der Waals surface area (Å²) in [6, 6.07) is 2.00. The van der Waals surface area contributed by atoms with Crippen LogP contribution >= 0.6 is 0 Å². The molecule has 3 rings (SSSR count). The van der Waals surface area contributed by atoms with Crippen LogP contribution in [-0.4, -0.2) is 38.8 Å². The van der Waals surface area contributed by atoms with Crippen molar-refractivity contribution < 1.29 is 9.32 Å². The lowest BCUT2D eigenvalue weighted by Crippen LogP contribution is -2.24. The maximum Gasteiger partial charge on any atom is 0.217 e. The Balaban J connectivity index is 1.61.